The van der Waals surface area contributed by atoms with Gasteiger partial charge in [-0.15, -0.1) is 0 Å². The molecule has 0 atom stereocenters. The summed E-state index contributed by atoms with van der Waals surface area (Å²) in [6, 6.07) is 0. The Bertz CT molecular complexity index is 249. The fraction of sp³-hybridized carbons (Fsp3) is 1.00. The molecule has 0 spiro atoms. The van der Waals surface area contributed by atoms with E-state index < -0.39 is 27.1 Å². The van der Waals surface area contributed by atoms with Crippen LogP contribution in [0.3, 0.4) is 0 Å². The molecule has 0 aromatic carbocycles. The first-order chi connectivity index (χ1) is 5.62. The molecule has 0 aliphatic carbocycles. The molecule has 0 saturated carbocycles. The molecule has 0 rings (SSSR count). The van der Waals surface area contributed by atoms with Crippen LogP contribution in [0.15, 0.2) is 0 Å². The third-order valence-electron chi connectivity index (χ3n) is 1.42. The molecule has 0 aliphatic heterocycles. The van der Waals surface area contributed by atoms with Crippen molar-refractivity contribution in [2.24, 2.45) is 5.92 Å². The summed E-state index contributed by atoms with van der Waals surface area (Å²) in [7, 11) is 1.01. The summed E-state index contributed by atoms with van der Waals surface area (Å²) >= 11 is 0. The summed E-state index contributed by atoms with van der Waals surface area (Å²) < 4.78 is 46.6. The molecule has 6 heteroatoms. The number of rotatable bonds is 5. The maximum Gasteiger partial charge on any atom is 0.249 e. The highest BCUT2D eigenvalue weighted by atomic mass is 35.7. The van der Waals surface area contributed by atoms with Crippen molar-refractivity contribution >= 4 is 19.7 Å². The van der Waals surface area contributed by atoms with Gasteiger partial charge in [-0.3, -0.25) is 0 Å². The average Bonchev–Trinajstić information content (AvgIpc) is 1.79. The van der Waals surface area contributed by atoms with E-state index in [2.05, 4.69) is 0 Å². The Morgan fingerprint density at radius 3 is 2.15 bits per heavy atom. The summed E-state index contributed by atoms with van der Waals surface area (Å²) in [6.45, 7) is 3.31. The van der Waals surface area contributed by atoms with Crippen LogP contribution in [0.2, 0.25) is 0 Å². The lowest BCUT2D eigenvalue weighted by Crippen LogP contribution is -2.21. The van der Waals surface area contributed by atoms with E-state index in [1.54, 1.807) is 13.8 Å². The third kappa shape index (κ3) is 8.43. The lowest BCUT2D eigenvalue weighted by atomic mass is 10.0. The highest BCUT2D eigenvalue weighted by molar-refractivity contribution is 8.13. The Hall–Kier alpha value is 0.1000. The molecule has 13 heavy (non-hydrogen) atoms. The van der Waals surface area contributed by atoms with Crippen LogP contribution in [0.4, 0.5) is 8.78 Å². The summed E-state index contributed by atoms with van der Waals surface area (Å²) in [5, 5.41) is 0. The van der Waals surface area contributed by atoms with Gasteiger partial charge in [-0.25, -0.2) is 17.2 Å². The van der Waals surface area contributed by atoms with Crippen molar-refractivity contribution in [3.63, 3.8) is 0 Å². The second kappa shape index (κ2) is 4.55. The van der Waals surface area contributed by atoms with Crippen molar-refractivity contribution in [1.82, 2.24) is 0 Å². The van der Waals surface area contributed by atoms with Crippen molar-refractivity contribution in [1.29, 1.82) is 0 Å². The molecule has 0 aliphatic rings. The van der Waals surface area contributed by atoms with E-state index in [4.69, 9.17) is 10.7 Å². The quantitative estimate of drug-likeness (QED) is 0.686. The fourth-order valence-electron chi connectivity index (χ4n) is 0.971. The zero-order chi connectivity index (χ0) is 10.7. The van der Waals surface area contributed by atoms with Crippen LogP contribution in [-0.4, -0.2) is 20.1 Å². The molecule has 0 unspecified atom stereocenters. The number of hydrogen-bond acceptors (Lipinski definition) is 2. The molecule has 0 fully saturated rings. The first-order valence-electron chi connectivity index (χ1n) is 3.92. The monoisotopic (exact) mass is 234 g/mol. The Labute approximate surface area is 81.7 Å². The molecule has 0 aromatic heterocycles. The maximum absolute atomic E-state index is 12.9. The molecule has 80 valence electrons. The largest absolute Gasteiger partial charge is 0.249 e. The van der Waals surface area contributed by atoms with E-state index in [-0.39, 0.29) is 12.3 Å². The van der Waals surface area contributed by atoms with Crippen LogP contribution in [-0.2, 0) is 9.05 Å². The standard InChI is InChI=1S/C7H13ClF2O2S/c1-6(2)5-7(9,10)3-4-13(8,11)12/h6H,3-5H2,1-2H3. The summed E-state index contributed by atoms with van der Waals surface area (Å²) in [4.78, 5) is 0. The molecule has 0 radical (unpaired) electrons. The minimum absolute atomic E-state index is 0.159. The minimum atomic E-state index is -3.80. The van der Waals surface area contributed by atoms with Gasteiger partial charge in [0, 0.05) is 23.5 Å². The first kappa shape index (κ1) is 13.1. The van der Waals surface area contributed by atoms with Gasteiger partial charge >= 0.3 is 0 Å². The minimum Gasteiger partial charge on any atom is -0.212 e. The van der Waals surface area contributed by atoms with Gasteiger partial charge in [-0.1, -0.05) is 13.8 Å². The number of halogens is 3. The Morgan fingerprint density at radius 2 is 1.85 bits per heavy atom. The van der Waals surface area contributed by atoms with Crippen LogP contribution >= 0.6 is 10.7 Å². The van der Waals surface area contributed by atoms with Crippen molar-refractivity contribution in [3.05, 3.63) is 0 Å². The van der Waals surface area contributed by atoms with Crippen LogP contribution in [0.25, 0.3) is 0 Å². The van der Waals surface area contributed by atoms with Crippen LogP contribution in [0.1, 0.15) is 26.7 Å². The van der Waals surface area contributed by atoms with Gasteiger partial charge < -0.3 is 0 Å². The van der Waals surface area contributed by atoms with Gasteiger partial charge in [0.15, 0.2) is 0 Å². The molecule has 0 bridgehead atoms. The predicted molar refractivity (Wildman–Crippen MR) is 48.7 cm³/mol. The van der Waals surface area contributed by atoms with Gasteiger partial charge in [0.1, 0.15) is 0 Å². The molecule has 2 nitrogen and oxygen atoms in total. The molecule has 0 N–H and O–H groups in total. The normalized spacial score (nSPS) is 13.7. The predicted octanol–water partition coefficient (Wildman–Crippen LogP) is 2.63. The van der Waals surface area contributed by atoms with Crippen molar-refractivity contribution in [3.8, 4) is 0 Å². The Kier molecular flexibility index (Phi) is 4.59. The highest BCUT2D eigenvalue weighted by Crippen LogP contribution is 2.27. The molecule has 0 heterocycles. The zero-order valence-electron chi connectivity index (χ0n) is 7.56. The van der Waals surface area contributed by atoms with Gasteiger partial charge in [0.05, 0.1) is 5.75 Å². The SMILES string of the molecule is CC(C)CC(F)(F)CCS(=O)(=O)Cl. The zero-order valence-corrected chi connectivity index (χ0v) is 9.13. The molecule has 0 amide bonds. The van der Waals surface area contributed by atoms with Crippen LogP contribution < -0.4 is 0 Å². The van der Waals surface area contributed by atoms with E-state index >= 15 is 0 Å². The van der Waals surface area contributed by atoms with Crippen molar-refractivity contribution in [2.45, 2.75) is 32.6 Å². The van der Waals surface area contributed by atoms with E-state index in [0.29, 0.717) is 0 Å². The smallest absolute Gasteiger partial charge is 0.212 e. The summed E-state index contributed by atoms with van der Waals surface area (Å²) in [5.74, 6) is -3.77. The molecule has 0 saturated heterocycles. The average molecular weight is 235 g/mol. The Balaban J connectivity index is 4.04. The van der Waals surface area contributed by atoms with Crippen molar-refractivity contribution < 1.29 is 17.2 Å². The third-order valence-corrected chi connectivity index (χ3v) is 2.57. The highest BCUT2D eigenvalue weighted by Gasteiger charge is 2.31. The molecular weight excluding hydrogens is 222 g/mol. The van der Waals surface area contributed by atoms with E-state index in [0.717, 1.165) is 0 Å². The summed E-state index contributed by atoms with van der Waals surface area (Å²) in [6.07, 6.45) is -1.00. The van der Waals surface area contributed by atoms with Crippen molar-refractivity contribution in [2.75, 3.05) is 5.75 Å². The number of hydrogen-bond donors (Lipinski definition) is 0. The van der Waals surface area contributed by atoms with Gasteiger partial charge in [0.25, 0.3) is 0 Å². The van der Waals surface area contributed by atoms with Crippen LogP contribution in [0, 0.1) is 5.92 Å². The van der Waals surface area contributed by atoms with E-state index in [1.165, 1.54) is 0 Å². The number of alkyl halides is 2. The fourth-order valence-corrected chi connectivity index (χ4v) is 1.74. The summed E-state index contributed by atoms with van der Waals surface area (Å²) in [5.41, 5.74) is 0. The van der Waals surface area contributed by atoms with Gasteiger partial charge in [-0.2, -0.15) is 0 Å². The Morgan fingerprint density at radius 1 is 1.38 bits per heavy atom. The van der Waals surface area contributed by atoms with Gasteiger partial charge in [0.2, 0.25) is 15.0 Å². The van der Waals surface area contributed by atoms with Crippen LogP contribution in [0.5, 0.6) is 0 Å². The van der Waals surface area contributed by atoms with E-state index in [9.17, 15) is 17.2 Å². The molecule has 0 aromatic rings. The van der Waals surface area contributed by atoms with E-state index in [1.807, 2.05) is 0 Å². The maximum atomic E-state index is 12.9. The molecular formula is C7H13ClF2O2S. The second-order valence-corrected chi connectivity index (χ2v) is 6.34. The second-order valence-electron chi connectivity index (χ2n) is 3.45. The topological polar surface area (TPSA) is 34.1 Å². The lowest BCUT2D eigenvalue weighted by molar-refractivity contribution is -0.0216. The first-order valence-corrected chi connectivity index (χ1v) is 6.40. The lowest BCUT2D eigenvalue weighted by Gasteiger charge is -2.17. The van der Waals surface area contributed by atoms with Gasteiger partial charge in [-0.05, 0) is 5.92 Å².